The van der Waals surface area contributed by atoms with Crippen molar-refractivity contribution in [3.8, 4) is 11.4 Å². The van der Waals surface area contributed by atoms with Crippen LogP contribution in [0.2, 0.25) is 0 Å². The summed E-state index contributed by atoms with van der Waals surface area (Å²) in [7, 11) is 1.77. The van der Waals surface area contributed by atoms with Gasteiger partial charge < -0.3 is 9.88 Å². The van der Waals surface area contributed by atoms with Crippen molar-refractivity contribution in [2.45, 2.75) is 33.2 Å². The van der Waals surface area contributed by atoms with Crippen LogP contribution in [0.1, 0.15) is 28.2 Å². The van der Waals surface area contributed by atoms with Crippen molar-refractivity contribution in [2.75, 3.05) is 7.05 Å². The van der Waals surface area contributed by atoms with Gasteiger partial charge in [-0.25, -0.2) is 9.97 Å². The molecule has 3 aromatic rings. The van der Waals surface area contributed by atoms with E-state index in [9.17, 15) is 9.59 Å². The summed E-state index contributed by atoms with van der Waals surface area (Å²) in [6.45, 7) is 4.26. The highest BCUT2D eigenvalue weighted by Crippen LogP contribution is 2.16. The van der Waals surface area contributed by atoms with E-state index in [-0.39, 0.29) is 17.9 Å². The van der Waals surface area contributed by atoms with Crippen LogP contribution in [-0.4, -0.2) is 37.8 Å². The Labute approximate surface area is 161 Å². The number of aromatic amines is 1. The molecule has 0 unspecified atom stereocenters. The van der Waals surface area contributed by atoms with E-state index < -0.39 is 0 Å². The Balaban J connectivity index is 1.68. The minimum Gasteiger partial charge on any atom is -0.341 e. The molecule has 1 amide bonds. The SMILES string of the molecule is Cc1ncsc1CN(C)C(=O)CCc1c(C)nc(-c2ccncc2)[nH]c1=O. The van der Waals surface area contributed by atoms with Crippen molar-refractivity contribution in [3.05, 3.63) is 62.2 Å². The first kappa shape index (κ1) is 18.9. The van der Waals surface area contributed by atoms with Crippen molar-refractivity contribution in [2.24, 2.45) is 0 Å². The van der Waals surface area contributed by atoms with Crippen molar-refractivity contribution >= 4 is 17.2 Å². The number of nitrogens with one attached hydrogen (secondary N) is 1. The maximum absolute atomic E-state index is 12.5. The zero-order valence-electron chi connectivity index (χ0n) is 15.5. The van der Waals surface area contributed by atoms with Crippen LogP contribution in [0.15, 0.2) is 34.8 Å². The monoisotopic (exact) mass is 383 g/mol. The van der Waals surface area contributed by atoms with Crippen LogP contribution in [0, 0.1) is 13.8 Å². The largest absolute Gasteiger partial charge is 0.341 e. The second kappa shape index (κ2) is 8.22. The zero-order chi connectivity index (χ0) is 19.4. The van der Waals surface area contributed by atoms with Gasteiger partial charge in [0.15, 0.2) is 0 Å². The summed E-state index contributed by atoms with van der Waals surface area (Å²) in [6, 6.07) is 3.58. The van der Waals surface area contributed by atoms with E-state index in [1.807, 2.05) is 6.92 Å². The minimum absolute atomic E-state index is 0.0141. The molecule has 3 heterocycles. The summed E-state index contributed by atoms with van der Waals surface area (Å²) in [5.74, 6) is 0.493. The van der Waals surface area contributed by atoms with Gasteiger partial charge in [-0.05, 0) is 32.4 Å². The lowest BCUT2D eigenvalue weighted by atomic mass is 10.1. The molecule has 27 heavy (non-hydrogen) atoms. The molecule has 0 fully saturated rings. The van der Waals surface area contributed by atoms with Gasteiger partial charge in [0.1, 0.15) is 5.82 Å². The normalized spacial score (nSPS) is 10.8. The van der Waals surface area contributed by atoms with E-state index in [0.717, 1.165) is 16.1 Å². The predicted octanol–water partition coefficient (Wildman–Crippen LogP) is 2.50. The number of hydrogen-bond acceptors (Lipinski definition) is 6. The van der Waals surface area contributed by atoms with Crippen molar-refractivity contribution < 1.29 is 4.79 Å². The third-order valence-corrected chi connectivity index (χ3v) is 5.34. The number of aromatic nitrogens is 4. The third kappa shape index (κ3) is 4.46. The van der Waals surface area contributed by atoms with E-state index in [2.05, 4.69) is 19.9 Å². The van der Waals surface area contributed by atoms with Gasteiger partial charge in [0.2, 0.25) is 5.91 Å². The number of thiazole rings is 1. The predicted molar refractivity (Wildman–Crippen MR) is 104 cm³/mol. The van der Waals surface area contributed by atoms with Crippen LogP contribution in [-0.2, 0) is 17.8 Å². The lowest BCUT2D eigenvalue weighted by Gasteiger charge is -2.16. The van der Waals surface area contributed by atoms with Crippen LogP contribution < -0.4 is 5.56 Å². The fraction of sp³-hybridized carbons (Fsp3) is 0.316. The lowest BCUT2D eigenvalue weighted by Crippen LogP contribution is -2.27. The van der Waals surface area contributed by atoms with Crippen molar-refractivity contribution in [3.63, 3.8) is 0 Å². The molecule has 3 rings (SSSR count). The van der Waals surface area contributed by atoms with Gasteiger partial charge in [-0.1, -0.05) is 0 Å². The van der Waals surface area contributed by atoms with E-state index in [0.29, 0.717) is 30.0 Å². The standard InChI is InChI=1S/C19H21N5O2S/c1-12-15(19(26)23-18(22-12)14-6-8-20-9-7-14)4-5-17(25)24(3)10-16-13(2)21-11-27-16/h6-9,11H,4-5,10H2,1-3H3,(H,22,23,26). The Bertz CT molecular complexity index is 997. The number of amides is 1. The van der Waals surface area contributed by atoms with Gasteiger partial charge in [0, 0.05) is 47.6 Å². The minimum atomic E-state index is -0.205. The number of hydrogen-bond donors (Lipinski definition) is 1. The number of carbonyl (C=O) groups is 1. The Morgan fingerprint density at radius 1 is 1.22 bits per heavy atom. The highest BCUT2D eigenvalue weighted by molar-refractivity contribution is 7.09. The van der Waals surface area contributed by atoms with Gasteiger partial charge in [-0.15, -0.1) is 11.3 Å². The van der Waals surface area contributed by atoms with Crippen molar-refractivity contribution in [1.82, 2.24) is 24.8 Å². The Kier molecular flexibility index (Phi) is 5.75. The quantitative estimate of drug-likeness (QED) is 0.706. The van der Waals surface area contributed by atoms with Gasteiger partial charge in [-0.3, -0.25) is 14.6 Å². The first-order chi connectivity index (χ1) is 13.0. The highest BCUT2D eigenvalue weighted by Gasteiger charge is 2.15. The Morgan fingerprint density at radius 3 is 2.59 bits per heavy atom. The van der Waals surface area contributed by atoms with Crippen LogP contribution in [0.5, 0.6) is 0 Å². The van der Waals surface area contributed by atoms with Crippen molar-refractivity contribution in [1.29, 1.82) is 0 Å². The van der Waals surface area contributed by atoms with Gasteiger partial charge in [0.25, 0.3) is 5.56 Å². The molecule has 1 N–H and O–H groups in total. The number of rotatable bonds is 6. The number of nitrogens with zero attached hydrogens (tertiary/aromatic N) is 4. The summed E-state index contributed by atoms with van der Waals surface area (Å²) in [5, 5.41) is 0. The fourth-order valence-corrected chi connectivity index (χ4v) is 3.59. The fourth-order valence-electron chi connectivity index (χ4n) is 2.76. The Hall–Kier alpha value is -2.87. The molecule has 0 radical (unpaired) electrons. The molecular formula is C19H21N5O2S. The molecule has 0 aliphatic carbocycles. The highest BCUT2D eigenvalue weighted by atomic mass is 32.1. The number of aryl methyl sites for hydroxylation is 2. The molecule has 0 saturated carbocycles. The molecule has 7 nitrogen and oxygen atoms in total. The second-order valence-electron chi connectivity index (χ2n) is 6.33. The lowest BCUT2D eigenvalue weighted by molar-refractivity contribution is -0.130. The summed E-state index contributed by atoms with van der Waals surface area (Å²) in [6.07, 6.45) is 3.92. The van der Waals surface area contributed by atoms with Crippen LogP contribution in [0.4, 0.5) is 0 Å². The van der Waals surface area contributed by atoms with E-state index in [4.69, 9.17) is 0 Å². The Morgan fingerprint density at radius 2 is 1.96 bits per heavy atom. The molecule has 0 bridgehead atoms. The molecule has 140 valence electrons. The summed E-state index contributed by atoms with van der Waals surface area (Å²) >= 11 is 1.54. The summed E-state index contributed by atoms with van der Waals surface area (Å²) in [5.41, 5.74) is 4.50. The first-order valence-corrected chi connectivity index (χ1v) is 9.46. The number of carbonyl (C=O) groups excluding carboxylic acids is 1. The van der Waals surface area contributed by atoms with E-state index in [1.165, 1.54) is 11.3 Å². The number of pyridine rings is 1. The summed E-state index contributed by atoms with van der Waals surface area (Å²) < 4.78 is 0. The summed E-state index contributed by atoms with van der Waals surface area (Å²) in [4.78, 5) is 43.1. The van der Waals surface area contributed by atoms with Gasteiger partial charge in [-0.2, -0.15) is 0 Å². The first-order valence-electron chi connectivity index (χ1n) is 8.59. The number of H-pyrrole nitrogens is 1. The molecule has 0 spiro atoms. The zero-order valence-corrected chi connectivity index (χ0v) is 16.3. The molecular weight excluding hydrogens is 362 g/mol. The third-order valence-electron chi connectivity index (χ3n) is 4.42. The van der Waals surface area contributed by atoms with E-state index >= 15 is 0 Å². The van der Waals surface area contributed by atoms with E-state index in [1.54, 1.807) is 48.9 Å². The maximum atomic E-state index is 12.5. The average molecular weight is 383 g/mol. The topological polar surface area (TPSA) is 91.8 Å². The smallest absolute Gasteiger partial charge is 0.254 e. The molecule has 8 heteroatoms. The second-order valence-corrected chi connectivity index (χ2v) is 7.26. The van der Waals surface area contributed by atoms with Crippen LogP contribution in [0.3, 0.4) is 0 Å². The molecule has 0 atom stereocenters. The van der Waals surface area contributed by atoms with Gasteiger partial charge in [0.05, 0.1) is 17.7 Å². The molecule has 0 aliphatic heterocycles. The molecule has 0 aliphatic rings. The van der Waals surface area contributed by atoms with Gasteiger partial charge >= 0.3 is 0 Å². The average Bonchev–Trinajstić information content (AvgIpc) is 3.06. The maximum Gasteiger partial charge on any atom is 0.254 e. The van der Waals surface area contributed by atoms with Crippen LogP contribution >= 0.6 is 11.3 Å². The van der Waals surface area contributed by atoms with Crippen LogP contribution in [0.25, 0.3) is 11.4 Å². The molecule has 3 aromatic heterocycles. The molecule has 0 saturated heterocycles. The molecule has 0 aromatic carbocycles.